The third-order valence-corrected chi connectivity index (χ3v) is 6.71. The highest BCUT2D eigenvalue weighted by Crippen LogP contribution is 2.43. The summed E-state index contributed by atoms with van der Waals surface area (Å²) in [5.41, 5.74) is 0. The maximum atomic E-state index is 12.1. The SMILES string of the molecule is O=C(O)C1(S(=O)(=O)c2cccs2)CCC1. The van der Waals surface area contributed by atoms with Gasteiger partial charge in [-0.3, -0.25) is 4.79 Å². The predicted octanol–water partition coefficient (Wildman–Crippen LogP) is 1.53. The minimum atomic E-state index is -3.70. The van der Waals surface area contributed by atoms with Crippen LogP contribution in [0.15, 0.2) is 21.7 Å². The number of carboxylic acids is 1. The van der Waals surface area contributed by atoms with Crippen LogP contribution < -0.4 is 0 Å². The second-order valence-electron chi connectivity index (χ2n) is 3.59. The summed E-state index contributed by atoms with van der Waals surface area (Å²) in [6.07, 6.45) is 1.11. The molecule has 0 aromatic carbocycles. The molecular formula is C9H10O4S2. The van der Waals surface area contributed by atoms with Gasteiger partial charge >= 0.3 is 5.97 Å². The Balaban J connectivity index is 2.50. The van der Waals surface area contributed by atoms with Crippen molar-refractivity contribution in [1.29, 1.82) is 0 Å². The van der Waals surface area contributed by atoms with E-state index in [0.717, 1.165) is 11.3 Å². The van der Waals surface area contributed by atoms with Crippen molar-refractivity contribution in [3.63, 3.8) is 0 Å². The second kappa shape index (κ2) is 3.31. The van der Waals surface area contributed by atoms with Gasteiger partial charge in [-0.25, -0.2) is 8.42 Å². The molecule has 0 radical (unpaired) electrons. The molecule has 15 heavy (non-hydrogen) atoms. The fourth-order valence-electron chi connectivity index (χ4n) is 1.70. The normalized spacial score (nSPS) is 19.5. The topological polar surface area (TPSA) is 71.4 Å². The summed E-state index contributed by atoms with van der Waals surface area (Å²) in [4.78, 5) is 11.1. The van der Waals surface area contributed by atoms with Gasteiger partial charge in [0.25, 0.3) is 0 Å². The van der Waals surface area contributed by atoms with Crippen molar-refractivity contribution in [2.24, 2.45) is 0 Å². The summed E-state index contributed by atoms with van der Waals surface area (Å²) in [6.45, 7) is 0. The number of carbonyl (C=O) groups is 1. The van der Waals surface area contributed by atoms with Crippen LogP contribution in [0.3, 0.4) is 0 Å². The number of hydrogen-bond donors (Lipinski definition) is 1. The summed E-state index contributed by atoms with van der Waals surface area (Å²) in [5, 5.41) is 10.7. The van der Waals surface area contributed by atoms with E-state index in [1.54, 1.807) is 11.4 Å². The average molecular weight is 246 g/mol. The first-order chi connectivity index (χ1) is 7.01. The highest BCUT2D eigenvalue weighted by Gasteiger charge is 2.56. The Hall–Kier alpha value is -0.880. The Bertz CT molecular complexity index is 468. The molecule has 1 fully saturated rings. The van der Waals surface area contributed by atoms with Crippen molar-refractivity contribution >= 4 is 27.1 Å². The molecule has 0 saturated heterocycles. The van der Waals surface area contributed by atoms with Gasteiger partial charge in [0.2, 0.25) is 9.84 Å². The van der Waals surface area contributed by atoms with Crippen LogP contribution >= 0.6 is 11.3 Å². The number of hydrogen-bond acceptors (Lipinski definition) is 4. The molecule has 0 spiro atoms. The molecule has 0 bridgehead atoms. The first-order valence-electron chi connectivity index (χ1n) is 4.52. The van der Waals surface area contributed by atoms with Crippen molar-refractivity contribution in [1.82, 2.24) is 0 Å². The number of aliphatic carboxylic acids is 1. The van der Waals surface area contributed by atoms with Crippen molar-refractivity contribution in [3.8, 4) is 0 Å². The van der Waals surface area contributed by atoms with Crippen molar-refractivity contribution in [3.05, 3.63) is 17.5 Å². The molecule has 1 aliphatic carbocycles. The fraction of sp³-hybridized carbons (Fsp3) is 0.444. The first kappa shape index (κ1) is 10.6. The van der Waals surface area contributed by atoms with Gasteiger partial charge in [0.1, 0.15) is 4.21 Å². The Kier molecular flexibility index (Phi) is 2.35. The molecule has 1 aromatic heterocycles. The molecule has 0 amide bonds. The second-order valence-corrected chi connectivity index (χ2v) is 7.02. The number of carboxylic acid groups (broad SMARTS) is 1. The van der Waals surface area contributed by atoms with Gasteiger partial charge in [0, 0.05) is 0 Å². The van der Waals surface area contributed by atoms with E-state index in [0.29, 0.717) is 6.42 Å². The van der Waals surface area contributed by atoms with Crippen molar-refractivity contribution in [2.75, 3.05) is 0 Å². The Morgan fingerprint density at radius 2 is 2.13 bits per heavy atom. The van der Waals surface area contributed by atoms with E-state index < -0.39 is 20.6 Å². The lowest BCUT2D eigenvalue weighted by Gasteiger charge is -2.36. The van der Waals surface area contributed by atoms with Gasteiger partial charge in [0.05, 0.1) is 0 Å². The molecule has 2 rings (SSSR count). The van der Waals surface area contributed by atoms with Crippen LogP contribution in [0.4, 0.5) is 0 Å². The van der Waals surface area contributed by atoms with Crippen molar-refractivity contribution in [2.45, 2.75) is 28.2 Å². The van der Waals surface area contributed by atoms with E-state index in [9.17, 15) is 13.2 Å². The fourth-order valence-corrected chi connectivity index (χ4v) is 5.00. The lowest BCUT2D eigenvalue weighted by Crippen LogP contribution is -2.51. The summed E-state index contributed by atoms with van der Waals surface area (Å²) in [7, 11) is -3.70. The van der Waals surface area contributed by atoms with Gasteiger partial charge in [-0.05, 0) is 30.7 Å². The summed E-state index contributed by atoms with van der Waals surface area (Å²) >= 11 is 1.07. The molecule has 1 aromatic rings. The Labute approximate surface area is 91.5 Å². The van der Waals surface area contributed by atoms with Gasteiger partial charge in [0.15, 0.2) is 4.75 Å². The quantitative estimate of drug-likeness (QED) is 0.878. The zero-order valence-electron chi connectivity index (χ0n) is 7.84. The lowest BCUT2D eigenvalue weighted by molar-refractivity contribution is -0.142. The van der Waals surface area contributed by atoms with Crippen molar-refractivity contribution < 1.29 is 18.3 Å². The molecule has 1 heterocycles. The summed E-state index contributed by atoms with van der Waals surface area (Å²) < 4.78 is 22.7. The molecule has 4 nitrogen and oxygen atoms in total. The highest BCUT2D eigenvalue weighted by molar-refractivity contribution is 7.95. The van der Waals surface area contributed by atoms with E-state index in [2.05, 4.69) is 0 Å². The molecular weight excluding hydrogens is 236 g/mol. The average Bonchev–Trinajstić information content (AvgIpc) is 2.50. The molecule has 1 aliphatic rings. The van der Waals surface area contributed by atoms with Crippen LogP contribution in [-0.2, 0) is 14.6 Å². The molecule has 0 atom stereocenters. The predicted molar refractivity (Wildman–Crippen MR) is 55.7 cm³/mol. The minimum Gasteiger partial charge on any atom is -0.480 e. The zero-order valence-corrected chi connectivity index (χ0v) is 9.47. The van der Waals surface area contributed by atoms with Crippen LogP contribution in [0.5, 0.6) is 0 Å². The summed E-state index contributed by atoms with van der Waals surface area (Å²) in [6, 6.07) is 3.08. The van der Waals surface area contributed by atoms with E-state index in [1.807, 2.05) is 0 Å². The third kappa shape index (κ3) is 1.32. The van der Waals surface area contributed by atoms with Crippen LogP contribution in [-0.4, -0.2) is 24.2 Å². The van der Waals surface area contributed by atoms with Gasteiger partial charge in [-0.15, -0.1) is 11.3 Å². The van der Waals surface area contributed by atoms with Gasteiger partial charge in [-0.1, -0.05) is 6.07 Å². The number of thiophene rings is 1. The van der Waals surface area contributed by atoms with E-state index in [-0.39, 0.29) is 17.1 Å². The Morgan fingerprint density at radius 1 is 1.47 bits per heavy atom. The smallest absolute Gasteiger partial charge is 0.325 e. The van der Waals surface area contributed by atoms with Crippen LogP contribution in [0.2, 0.25) is 0 Å². The maximum absolute atomic E-state index is 12.1. The van der Waals surface area contributed by atoms with Gasteiger partial charge < -0.3 is 5.11 Å². The van der Waals surface area contributed by atoms with E-state index in [1.165, 1.54) is 6.07 Å². The maximum Gasteiger partial charge on any atom is 0.325 e. The van der Waals surface area contributed by atoms with E-state index >= 15 is 0 Å². The molecule has 1 saturated carbocycles. The first-order valence-corrected chi connectivity index (χ1v) is 6.88. The third-order valence-electron chi connectivity index (χ3n) is 2.83. The van der Waals surface area contributed by atoms with E-state index in [4.69, 9.17) is 5.11 Å². The number of sulfone groups is 1. The monoisotopic (exact) mass is 246 g/mol. The minimum absolute atomic E-state index is 0.157. The molecule has 6 heteroatoms. The lowest BCUT2D eigenvalue weighted by atomic mass is 9.84. The Morgan fingerprint density at radius 3 is 2.47 bits per heavy atom. The molecule has 0 unspecified atom stereocenters. The zero-order chi connectivity index (χ0) is 11.1. The van der Waals surface area contributed by atoms with Crippen LogP contribution in [0.25, 0.3) is 0 Å². The summed E-state index contributed by atoms with van der Waals surface area (Å²) in [5.74, 6) is -1.22. The highest BCUT2D eigenvalue weighted by atomic mass is 32.2. The standard InChI is InChI=1S/C9H10O4S2/c10-8(11)9(4-2-5-9)15(12,13)7-3-1-6-14-7/h1,3,6H,2,4-5H2,(H,10,11). The molecule has 82 valence electrons. The van der Waals surface area contributed by atoms with Crippen LogP contribution in [0, 0.1) is 0 Å². The van der Waals surface area contributed by atoms with Gasteiger partial charge in [-0.2, -0.15) is 0 Å². The molecule has 1 N–H and O–H groups in total. The largest absolute Gasteiger partial charge is 0.480 e. The number of rotatable bonds is 3. The molecule has 0 aliphatic heterocycles. The van der Waals surface area contributed by atoms with Crippen LogP contribution in [0.1, 0.15) is 19.3 Å².